The smallest absolute Gasteiger partial charge is 0.313 e. The summed E-state index contributed by atoms with van der Waals surface area (Å²) < 4.78 is 39.3. The molecule has 0 aromatic heterocycles. The number of halogens is 3. The van der Waals surface area contributed by atoms with Crippen LogP contribution in [0.2, 0.25) is 0 Å². The van der Waals surface area contributed by atoms with Crippen LogP contribution in [0.15, 0.2) is 77.8 Å². The van der Waals surface area contributed by atoms with Gasteiger partial charge in [0.1, 0.15) is 0 Å². The van der Waals surface area contributed by atoms with Gasteiger partial charge in [-0.05, 0) is 23.8 Å². The Morgan fingerprint density at radius 2 is 1.71 bits per heavy atom. The van der Waals surface area contributed by atoms with E-state index in [1.165, 1.54) is 42.3 Å². The van der Waals surface area contributed by atoms with Crippen molar-refractivity contribution >= 4 is 28.8 Å². The van der Waals surface area contributed by atoms with Crippen LogP contribution in [0, 0.1) is 10.1 Å². The molecule has 0 saturated heterocycles. The van der Waals surface area contributed by atoms with E-state index in [-0.39, 0.29) is 34.6 Å². The van der Waals surface area contributed by atoms with E-state index in [1.807, 2.05) is 0 Å². The lowest BCUT2D eigenvalue weighted by Gasteiger charge is -2.20. The van der Waals surface area contributed by atoms with Gasteiger partial charge in [0.15, 0.2) is 11.8 Å². The number of fused-ring (bicyclic) bond motifs is 1. The predicted molar refractivity (Wildman–Crippen MR) is 123 cm³/mol. The maximum Gasteiger partial charge on any atom is 0.416 e. The van der Waals surface area contributed by atoms with Gasteiger partial charge in [-0.3, -0.25) is 24.7 Å². The lowest BCUT2D eigenvalue weighted by molar-refractivity contribution is -0.384. The molecule has 4 rings (SSSR count). The van der Waals surface area contributed by atoms with Gasteiger partial charge in [-0.1, -0.05) is 42.5 Å². The molecule has 0 fully saturated rings. The normalized spacial score (nSPS) is 15.8. The molecule has 0 radical (unpaired) electrons. The van der Waals surface area contributed by atoms with Crippen molar-refractivity contribution < 1.29 is 27.7 Å². The molecule has 1 atom stereocenters. The van der Waals surface area contributed by atoms with Crippen LogP contribution < -0.4 is 4.90 Å². The summed E-state index contributed by atoms with van der Waals surface area (Å²) in [5.74, 6) is -1.16. The molecule has 0 N–H and O–H groups in total. The number of benzodiazepines with no additional fused rings is 1. The molecule has 7 nitrogen and oxygen atoms in total. The van der Waals surface area contributed by atoms with Crippen molar-refractivity contribution in [3.8, 4) is 0 Å². The van der Waals surface area contributed by atoms with Crippen LogP contribution in [0.5, 0.6) is 0 Å². The molecule has 1 aliphatic heterocycles. The maximum absolute atomic E-state index is 13.2. The number of hydrogen-bond donors (Lipinski definition) is 0. The highest BCUT2D eigenvalue weighted by molar-refractivity contribution is 6.24. The van der Waals surface area contributed by atoms with Gasteiger partial charge in [0.05, 0.1) is 21.9 Å². The molecule has 10 heteroatoms. The van der Waals surface area contributed by atoms with Gasteiger partial charge in [-0.15, -0.1) is 0 Å². The van der Waals surface area contributed by atoms with Crippen molar-refractivity contribution in [1.29, 1.82) is 0 Å². The first-order valence-electron chi connectivity index (χ1n) is 10.4. The molecule has 1 heterocycles. The van der Waals surface area contributed by atoms with Gasteiger partial charge >= 0.3 is 6.18 Å². The van der Waals surface area contributed by atoms with Crippen LogP contribution in [0.4, 0.5) is 24.5 Å². The Kier molecular flexibility index (Phi) is 6.21. The Bertz CT molecular complexity index is 1340. The first kappa shape index (κ1) is 23.8. The number of nitro groups is 1. The first-order valence-corrected chi connectivity index (χ1v) is 10.4. The standard InChI is InChI=1S/C25H18F3N3O4/c1-30-20-12-11-18(31(34)35)14-19(20)22(16-7-9-17(10-8-16)25(26,27)28)29-23(24(30)33)21(32)13-15-5-3-2-4-6-15/h2-12,14,23H,13H2,1H3. The molecule has 35 heavy (non-hydrogen) atoms. The summed E-state index contributed by atoms with van der Waals surface area (Å²) in [6.45, 7) is 0. The summed E-state index contributed by atoms with van der Waals surface area (Å²) in [6.07, 6.45) is -4.66. The van der Waals surface area contributed by atoms with Gasteiger partial charge in [0, 0.05) is 36.7 Å². The van der Waals surface area contributed by atoms with E-state index in [9.17, 15) is 32.9 Å². The molecule has 0 bridgehead atoms. The average Bonchev–Trinajstić information content (AvgIpc) is 2.94. The van der Waals surface area contributed by atoms with Gasteiger partial charge in [0.2, 0.25) is 0 Å². The molecular formula is C25H18F3N3O4. The second kappa shape index (κ2) is 9.13. The number of nitro benzene ring substituents is 1. The molecule has 1 unspecified atom stereocenters. The lowest BCUT2D eigenvalue weighted by Crippen LogP contribution is -2.40. The number of benzene rings is 3. The van der Waals surface area contributed by atoms with E-state index < -0.39 is 34.4 Å². The summed E-state index contributed by atoms with van der Waals surface area (Å²) in [6, 6.07) is 15.0. The van der Waals surface area contributed by atoms with Crippen molar-refractivity contribution in [1.82, 2.24) is 0 Å². The fourth-order valence-electron chi connectivity index (χ4n) is 3.83. The minimum Gasteiger partial charge on any atom is -0.313 e. The zero-order chi connectivity index (χ0) is 25.3. The Morgan fingerprint density at radius 1 is 1.06 bits per heavy atom. The Hall–Kier alpha value is -4.34. The third kappa shape index (κ3) is 4.81. The van der Waals surface area contributed by atoms with E-state index >= 15 is 0 Å². The van der Waals surface area contributed by atoms with Gasteiger partial charge in [0.25, 0.3) is 11.6 Å². The summed E-state index contributed by atoms with van der Waals surface area (Å²) in [5, 5.41) is 11.4. The molecule has 0 aliphatic carbocycles. The highest BCUT2D eigenvalue weighted by Gasteiger charge is 2.36. The van der Waals surface area contributed by atoms with E-state index in [0.717, 1.165) is 12.1 Å². The molecule has 3 aromatic carbocycles. The summed E-state index contributed by atoms with van der Waals surface area (Å²) in [5.41, 5.74) is 0.0792. The number of nitrogens with zero attached hydrogens (tertiary/aromatic N) is 3. The lowest BCUT2D eigenvalue weighted by atomic mass is 9.98. The number of carbonyl (C=O) groups excluding carboxylic acids is 2. The SMILES string of the molecule is CN1C(=O)C(C(=O)Cc2ccccc2)N=C(c2ccc(C(F)(F)F)cc2)c2cc([N+](=O)[O-])ccc21. The number of hydrogen-bond acceptors (Lipinski definition) is 5. The van der Waals surface area contributed by atoms with Gasteiger partial charge < -0.3 is 4.90 Å². The minimum absolute atomic E-state index is 0.0153. The second-order valence-electron chi connectivity index (χ2n) is 7.94. The molecule has 1 amide bonds. The number of ketones is 1. The number of non-ortho nitro benzene ring substituents is 1. The quantitative estimate of drug-likeness (QED) is 0.302. The number of aliphatic imine (C=N–C) groups is 1. The first-order chi connectivity index (χ1) is 16.6. The minimum atomic E-state index is -4.56. The van der Waals surface area contributed by atoms with Crippen LogP contribution in [-0.2, 0) is 22.2 Å². The van der Waals surface area contributed by atoms with Crippen molar-refractivity contribution in [2.45, 2.75) is 18.6 Å². The fraction of sp³-hybridized carbons (Fsp3) is 0.160. The van der Waals surface area contributed by atoms with Gasteiger partial charge in [-0.2, -0.15) is 13.2 Å². The van der Waals surface area contributed by atoms with Crippen molar-refractivity contribution in [2.75, 3.05) is 11.9 Å². The number of carbonyl (C=O) groups is 2. The Morgan fingerprint density at radius 3 is 2.31 bits per heavy atom. The number of rotatable bonds is 5. The summed E-state index contributed by atoms with van der Waals surface area (Å²) in [4.78, 5) is 42.7. The Balaban J connectivity index is 1.87. The van der Waals surface area contributed by atoms with Crippen LogP contribution in [0.1, 0.15) is 22.3 Å². The Labute approximate surface area is 197 Å². The number of Topliss-reactive ketones (excluding diaryl/α,β-unsaturated/α-hetero) is 1. The average molecular weight is 481 g/mol. The molecule has 1 aliphatic rings. The van der Waals surface area contributed by atoms with Crippen molar-refractivity contribution in [3.05, 3.63) is 105 Å². The third-order valence-corrected chi connectivity index (χ3v) is 5.64. The highest BCUT2D eigenvalue weighted by Crippen LogP contribution is 2.33. The van der Waals surface area contributed by atoms with E-state index in [0.29, 0.717) is 5.56 Å². The zero-order valence-corrected chi connectivity index (χ0v) is 18.3. The molecule has 3 aromatic rings. The zero-order valence-electron chi connectivity index (χ0n) is 18.3. The fourth-order valence-corrected chi connectivity index (χ4v) is 3.83. The highest BCUT2D eigenvalue weighted by atomic mass is 19.4. The van der Waals surface area contributed by atoms with Crippen LogP contribution >= 0.6 is 0 Å². The van der Waals surface area contributed by atoms with E-state index in [2.05, 4.69) is 4.99 Å². The topological polar surface area (TPSA) is 92.9 Å². The monoisotopic (exact) mass is 481 g/mol. The molecular weight excluding hydrogens is 463 g/mol. The molecule has 0 saturated carbocycles. The van der Waals surface area contributed by atoms with Crippen molar-refractivity contribution in [3.63, 3.8) is 0 Å². The largest absolute Gasteiger partial charge is 0.416 e. The van der Waals surface area contributed by atoms with E-state index in [1.54, 1.807) is 30.3 Å². The van der Waals surface area contributed by atoms with Crippen LogP contribution in [0.3, 0.4) is 0 Å². The van der Waals surface area contributed by atoms with Crippen molar-refractivity contribution in [2.24, 2.45) is 4.99 Å². The maximum atomic E-state index is 13.2. The van der Waals surface area contributed by atoms with E-state index in [4.69, 9.17) is 0 Å². The number of anilines is 1. The summed E-state index contributed by atoms with van der Waals surface area (Å²) in [7, 11) is 1.42. The molecule has 0 spiro atoms. The second-order valence-corrected chi connectivity index (χ2v) is 7.94. The number of amides is 1. The van der Waals surface area contributed by atoms with Crippen LogP contribution in [-0.4, -0.2) is 35.4 Å². The number of likely N-dealkylation sites (N-methyl/N-ethyl adjacent to an activating group) is 1. The van der Waals surface area contributed by atoms with Crippen LogP contribution in [0.25, 0.3) is 0 Å². The third-order valence-electron chi connectivity index (χ3n) is 5.64. The predicted octanol–water partition coefficient (Wildman–Crippen LogP) is 4.61. The molecule has 178 valence electrons. The van der Waals surface area contributed by atoms with Gasteiger partial charge in [-0.25, -0.2) is 0 Å². The number of alkyl halides is 3. The summed E-state index contributed by atoms with van der Waals surface area (Å²) >= 11 is 0.